The molecule has 0 saturated heterocycles. The van der Waals surface area contributed by atoms with Crippen molar-refractivity contribution in [2.45, 2.75) is 39.7 Å². The molecule has 0 aliphatic heterocycles. The van der Waals surface area contributed by atoms with Gasteiger partial charge in [0.25, 0.3) is 0 Å². The van der Waals surface area contributed by atoms with E-state index in [1.165, 1.54) is 6.42 Å². The van der Waals surface area contributed by atoms with E-state index in [0.29, 0.717) is 11.8 Å². The lowest BCUT2D eigenvalue weighted by Crippen LogP contribution is -2.07. The molecule has 1 unspecified atom stereocenters. The van der Waals surface area contributed by atoms with Gasteiger partial charge in [-0.05, 0) is 18.8 Å². The van der Waals surface area contributed by atoms with Crippen molar-refractivity contribution in [3.05, 3.63) is 11.9 Å². The number of nitrogens with zero attached hydrogens (tertiary/aromatic N) is 3. The summed E-state index contributed by atoms with van der Waals surface area (Å²) in [5.41, 5.74) is 1.05. The number of rotatable bonds is 6. The molecular formula is C10H18ClN3. The lowest BCUT2D eigenvalue weighted by Gasteiger charge is -2.06. The van der Waals surface area contributed by atoms with E-state index >= 15 is 0 Å². The van der Waals surface area contributed by atoms with E-state index in [2.05, 4.69) is 24.2 Å². The van der Waals surface area contributed by atoms with Gasteiger partial charge in [0.05, 0.1) is 5.69 Å². The summed E-state index contributed by atoms with van der Waals surface area (Å²) in [6, 6.07) is 0. The molecule has 0 aliphatic carbocycles. The Morgan fingerprint density at radius 3 is 3.00 bits per heavy atom. The van der Waals surface area contributed by atoms with Crippen molar-refractivity contribution in [3.63, 3.8) is 0 Å². The standard InChI is InChI=1S/C10H18ClN3/c1-3-9(2)7-14-8-10(12-13-14)5-4-6-11/h8-9H,3-7H2,1-2H3. The van der Waals surface area contributed by atoms with E-state index in [-0.39, 0.29) is 0 Å². The molecule has 0 aliphatic rings. The van der Waals surface area contributed by atoms with E-state index < -0.39 is 0 Å². The maximum atomic E-state index is 5.61. The average molecular weight is 216 g/mol. The average Bonchev–Trinajstić information content (AvgIpc) is 2.62. The predicted molar refractivity (Wildman–Crippen MR) is 58.5 cm³/mol. The van der Waals surface area contributed by atoms with Crippen LogP contribution in [0, 0.1) is 5.92 Å². The van der Waals surface area contributed by atoms with Crippen molar-refractivity contribution >= 4 is 11.6 Å². The van der Waals surface area contributed by atoms with Crippen molar-refractivity contribution < 1.29 is 0 Å². The van der Waals surface area contributed by atoms with Gasteiger partial charge in [-0.1, -0.05) is 25.5 Å². The summed E-state index contributed by atoms with van der Waals surface area (Å²) in [5, 5.41) is 8.18. The maximum Gasteiger partial charge on any atom is 0.0827 e. The van der Waals surface area contributed by atoms with Gasteiger partial charge in [0.1, 0.15) is 0 Å². The van der Waals surface area contributed by atoms with Gasteiger partial charge in [0.15, 0.2) is 0 Å². The van der Waals surface area contributed by atoms with Crippen molar-refractivity contribution in [1.29, 1.82) is 0 Å². The molecule has 0 bridgehead atoms. The fourth-order valence-electron chi connectivity index (χ4n) is 1.24. The summed E-state index contributed by atoms with van der Waals surface area (Å²) in [6.07, 6.45) is 5.11. The van der Waals surface area contributed by atoms with Crippen molar-refractivity contribution in [1.82, 2.24) is 15.0 Å². The molecule has 0 amide bonds. The third-order valence-electron chi connectivity index (χ3n) is 2.35. The number of halogens is 1. The minimum Gasteiger partial charge on any atom is -0.252 e. The molecule has 1 heterocycles. The largest absolute Gasteiger partial charge is 0.252 e. The molecule has 1 atom stereocenters. The highest BCUT2D eigenvalue weighted by Crippen LogP contribution is 2.05. The highest BCUT2D eigenvalue weighted by Gasteiger charge is 2.03. The zero-order chi connectivity index (χ0) is 10.4. The topological polar surface area (TPSA) is 30.7 Å². The van der Waals surface area contributed by atoms with Crippen LogP contribution in [0.4, 0.5) is 0 Å². The molecular weight excluding hydrogens is 198 g/mol. The third kappa shape index (κ3) is 3.66. The van der Waals surface area contributed by atoms with Crippen molar-refractivity contribution in [2.75, 3.05) is 5.88 Å². The highest BCUT2D eigenvalue weighted by atomic mass is 35.5. The van der Waals surface area contributed by atoms with Crippen LogP contribution >= 0.6 is 11.6 Å². The second-order valence-electron chi connectivity index (χ2n) is 3.74. The summed E-state index contributed by atoms with van der Waals surface area (Å²) in [4.78, 5) is 0. The normalized spacial score (nSPS) is 13.1. The Morgan fingerprint density at radius 2 is 2.36 bits per heavy atom. The van der Waals surface area contributed by atoms with Crippen LogP contribution < -0.4 is 0 Å². The molecule has 0 aromatic carbocycles. The first-order chi connectivity index (χ1) is 6.76. The first kappa shape index (κ1) is 11.5. The molecule has 0 spiro atoms. The number of hydrogen-bond acceptors (Lipinski definition) is 2. The molecule has 0 N–H and O–H groups in total. The Kier molecular flexibility index (Phi) is 4.94. The lowest BCUT2D eigenvalue weighted by atomic mass is 10.1. The number of hydrogen-bond donors (Lipinski definition) is 0. The summed E-state index contributed by atoms with van der Waals surface area (Å²) in [5.74, 6) is 1.36. The number of aryl methyl sites for hydroxylation is 1. The minimum atomic E-state index is 0.664. The molecule has 1 aromatic rings. The maximum absolute atomic E-state index is 5.61. The molecule has 0 fully saturated rings. The monoisotopic (exact) mass is 215 g/mol. The fourth-order valence-corrected chi connectivity index (χ4v) is 1.37. The van der Waals surface area contributed by atoms with Gasteiger partial charge >= 0.3 is 0 Å². The molecule has 1 rings (SSSR count). The first-order valence-electron chi connectivity index (χ1n) is 5.21. The van der Waals surface area contributed by atoms with Gasteiger partial charge < -0.3 is 0 Å². The fraction of sp³-hybridized carbons (Fsp3) is 0.800. The Bertz CT molecular complexity index is 260. The lowest BCUT2D eigenvalue weighted by molar-refractivity contribution is 0.431. The Balaban J connectivity index is 2.42. The number of aromatic nitrogens is 3. The Hall–Kier alpha value is -0.570. The van der Waals surface area contributed by atoms with Crippen molar-refractivity contribution in [2.24, 2.45) is 5.92 Å². The van der Waals surface area contributed by atoms with Crippen LogP contribution in [0.5, 0.6) is 0 Å². The molecule has 3 nitrogen and oxygen atoms in total. The predicted octanol–water partition coefficient (Wildman–Crippen LogP) is 2.50. The zero-order valence-electron chi connectivity index (χ0n) is 8.91. The van der Waals surface area contributed by atoms with Gasteiger partial charge in [-0.2, -0.15) is 0 Å². The van der Waals surface area contributed by atoms with Crippen LogP contribution in [-0.2, 0) is 13.0 Å². The zero-order valence-corrected chi connectivity index (χ0v) is 9.67. The Morgan fingerprint density at radius 1 is 1.57 bits per heavy atom. The molecule has 4 heteroatoms. The Labute approximate surface area is 90.4 Å². The minimum absolute atomic E-state index is 0.664. The van der Waals surface area contributed by atoms with Crippen LogP contribution in [0.15, 0.2) is 6.20 Å². The van der Waals surface area contributed by atoms with E-state index in [4.69, 9.17) is 11.6 Å². The first-order valence-corrected chi connectivity index (χ1v) is 5.74. The van der Waals surface area contributed by atoms with Crippen LogP contribution in [0.3, 0.4) is 0 Å². The van der Waals surface area contributed by atoms with Crippen LogP contribution in [0.25, 0.3) is 0 Å². The van der Waals surface area contributed by atoms with Gasteiger partial charge in [0, 0.05) is 18.6 Å². The van der Waals surface area contributed by atoms with E-state index in [0.717, 1.165) is 25.1 Å². The van der Waals surface area contributed by atoms with Crippen LogP contribution in [0.1, 0.15) is 32.4 Å². The highest BCUT2D eigenvalue weighted by molar-refractivity contribution is 6.17. The molecule has 14 heavy (non-hydrogen) atoms. The molecule has 0 radical (unpaired) electrons. The van der Waals surface area contributed by atoms with Crippen LogP contribution in [0.2, 0.25) is 0 Å². The molecule has 0 saturated carbocycles. The second kappa shape index (κ2) is 6.02. The third-order valence-corrected chi connectivity index (χ3v) is 2.62. The van der Waals surface area contributed by atoms with Gasteiger partial charge in [-0.3, -0.25) is 4.68 Å². The van der Waals surface area contributed by atoms with Crippen LogP contribution in [-0.4, -0.2) is 20.9 Å². The van der Waals surface area contributed by atoms with Gasteiger partial charge in [0.2, 0.25) is 0 Å². The summed E-state index contributed by atoms with van der Waals surface area (Å²) in [7, 11) is 0. The summed E-state index contributed by atoms with van der Waals surface area (Å²) in [6.45, 7) is 5.38. The van der Waals surface area contributed by atoms with E-state index in [1.54, 1.807) is 0 Å². The SMILES string of the molecule is CCC(C)Cn1cc(CCCCl)nn1. The summed E-state index contributed by atoms with van der Waals surface area (Å²) >= 11 is 5.61. The smallest absolute Gasteiger partial charge is 0.0827 e. The molecule has 80 valence electrons. The second-order valence-corrected chi connectivity index (χ2v) is 4.12. The number of alkyl halides is 1. The van der Waals surface area contributed by atoms with E-state index in [9.17, 15) is 0 Å². The summed E-state index contributed by atoms with van der Waals surface area (Å²) < 4.78 is 1.93. The van der Waals surface area contributed by atoms with Gasteiger partial charge in [-0.25, -0.2) is 0 Å². The van der Waals surface area contributed by atoms with Crippen molar-refractivity contribution in [3.8, 4) is 0 Å². The van der Waals surface area contributed by atoms with E-state index in [1.807, 2.05) is 10.9 Å². The quantitative estimate of drug-likeness (QED) is 0.683. The molecule has 1 aromatic heterocycles. The van der Waals surface area contributed by atoms with Gasteiger partial charge in [-0.15, -0.1) is 16.7 Å².